The van der Waals surface area contributed by atoms with E-state index in [1.807, 2.05) is 37.4 Å². The molecule has 1 aromatic heterocycles. The van der Waals surface area contributed by atoms with E-state index >= 15 is 0 Å². The Hall–Kier alpha value is -1.72. The molecule has 0 aliphatic rings. The van der Waals surface area contributed by atoms with Crippen LogP contribution >= 0.6 is 23.4 Å². The predicted molar refractivity (Wildman–Crippen MR) is 103 cm³/mol. The van der Waals surface area contributed by atoms with E-state index < -0.39 is 0 Å². The number of aryl methyl sites for hydroxylation is 1. The molecule has 0 spiro atoms. The van der Waals surface area contributed by atoms with Crippen LogP contribution in [0.15, 0.2) is 35.2 Å². The van der Waals surface area contributed by atoms with Crippen LogP contribution in [0.3, 0.4) is 0 Å². The minimum atomic E-state index is -0.195. The first-order chi connectivity index (χ1) is 11.4. The minimum Gasteiger partial charge on any atom is -0.323 e. The van der Waals surface area contributed by atoms with Gasteiger partial charge in [-0.1, -0.05) is 25.4 Å². The first kappa shape index (κ1) is 18.6. The number of nitrogens with one attached hydrogen (secondary N) is 1. The van der Waals surface area contributed by atoms with Crippen molar-refractivity contribution < 1.29 is 4.79 Å². The Morgan fingerprint density at radius 2 is 2.04 bits per heavy atom. The summed E-state index contributed by atoms with van der Waals surface area (Å²) < 4.78 is 1.78. The number of amides is 1. The van der Waals surface area contributed by atoms with Crippen molar-refractivity contribution in [3.8, 4) is 0 Å². The Kier molecular flexibility index (Phi) is 6.52. The summed E-state index contributed by atoms with van der Waals surface area (Å²) in [4.78, 5) is 13.2. The highest BCUT2D eigenvalue weighted by molar-refractivity contribution is 7.98. The lowest BCUT2D eigenvalue weighted by molar-refractivity contribution is -0.111. The average molecular weight is 364 g/mol. The molecule has 1 amide bonds. The van der Waals surface area contributed by atoms with Gasteiger partial charge in [0, 0.05) is 28.8 Å². The quantitative estimate of drug-likeness (QED) is 0.588. The normalized spacial score (nSPS) is 11.4. The summed E-state index contributed by atoms with van der Waals surface area (Å²) in [7, 11) is 0. The van der Waals surface area contributed by atoms with Crippen molar-refractivity contribution in [2.75, 3.05) is 11.6 Å². The zero-order valence-electron chi connectivity index (χ0n) is 14.3. The fraction of sp³-hybridized carbons (Fsp3) is 0.333. The largest absolute Gasteiger partial charge is 0.323 e. The van der Waals surface area contributed by atoms with Gasteiger partial charge < -0.3 is 5.32 Å². The molecule has 0 radical (unpaired) electrons. The van der Waals surface area contributed by atoms with E-state index in [1.165, 1.54) is 6.08 Å². The van der Waals surface area contributed by atoms with Crippen LogP contribution in [0.4, 0.5) is 5.69 Å². The lowest BCUT2D eigenvalue weighted by Gasteiger charge is -2.05. The first-order valence-electron chi connectivity index (χ1n) is 7.76. The second-order valence-electron chi connectivity index (χ2n) is 5.92. The monoisotopic (exact) mass is 363 g/mol. The first-order valence-corrected chi connectivity index (χ1v) is 9.37. The molecule has 4 nitrogen and oxygen atoms in total. The van der Waals surface area contributed by atoms with Crippen molar-refractivity contribution in [1.29, 1.82) is 0 Å². The number of rotatable bonds is 6. The van der Waals surface area contributed by atoms with Gasteiger partial charge in [-0.2, -0.15) is 5.10 Å². The standard InChI is InChI=1S/C18H22ClN3OS/c1-12(2)11-22-18(19)16(13(3)21-22)9-10-17(23)20-14-5-7-15(24-4)8-6-14/h5-10,12H,11H2,1-4H3,(H,20,23)/b10-9+. The van der Waals surface area contributed by atoms with Gasteiger partial charge in [0.2, 0.25) is 5.91 Å². The Bertz CT molecular complexity index is 735. The molecule has 0 saturated heterocycles. The number of nitrogens with zero attached hydrogens (tertiary/aromatic N) is 2. The van der Waals surface area contributed by atoms with Gasteiger partial charge in [-0.3, -0.25) is 9.48 Å². The summed E-state index contributed by atoms with van der Waals surface area (Å²) >= 11 is 8.03. The van der Waals surface area contributed by atoms with Gasteiger partial charge in [0.05, 0.1) is 5.69 Å². The smallest absolute Gasteiger partial charge is 0.248 e. The second-order valence-corrected chi connectivity index (χ2v) is 7.15. The molecule has 0 fully saturated rings. The summed E-state index contributed by atoms with van der Waals surface area (Å²) in [6.45, 7) is 6.86. The van der Waals surface area contributed by atoms with Gasteiger partial charge in [-0.05, 0) is 49.4 Å². The van der Waals surface area contributed by atoms with E-state index in [4.69, 9.17) is 11.6 Å². The highest BCUT2D eigenvalue weighted by atomic mass is 35.5. The number of hydrogen-bond donors (Lipinski definition) is 1. The van der Waals surface area contributed by atoms with E-state index in [1.54, 1.807) is 22.5 Å². The van der Waals surface area contributed by atoms with Crippen LogP contribution in [0.5, 0.6) is 0 Å². The van der Waals surface area contributed by atoms with E-state index in [2.05, 4.69) is 24.3 Å². The average Bonchev–Trinajstić information content (AvgIpc) is 2.79. The van der Waals surface area contributed by atoms with Gasteiger partial charge in [0.1, 0.15) is 5.15 Å². The van der Waals surface area contributed by atoms with Gasteiger partial charge in [0.15, 0.2) is 0 Å². The van der Waals surface area contributed by atoms with E-state index in [0.29, 0.717) is 11.1 Å². The fourth-order valence-corrected chi connectivity index (χ4v) is 2.96. The van der Waals surface area contributed by atoms with Crippen LogP contribution in [0.25, 0.3) is 6.08 Å². The number of thioether (sulfide) groups is 1. The third-order valence-electron chi connectivity index (χ3n) is 3.41. The zero-order chi connectivity index (χ0) is 17.7. The second kappa shape index (κ2) is 8.40. The lowest BCUT2D eigenvalue weighted by atomic mass is 10.2. The van der Waals surface area contributed by atoms with Gasteiger partial charge >= 0.3 is 0 Å². The highest BCUT2D eigenvalue weighted by Gasteiger charge is 2.12. The maximum Gasteiger partial charge on any atom is 0.248 e. The summed E-state index contributed by atoms with van der Waals surface area (Å²) in [5, 5.41) is 7.83. The summed E-state index contributed by atoms with van der Waals surface area (Å²) in [5.41, 5.74) is 2.36. The maximum absolute atomic E-state index is 12.1. The Labute approximate surface area is 152 Å². The summed E-state index contributed by atoms with van der Waals surface area (Å²) in [5.74, 6) is 0.255. The van der Waals surface area contributed by atoms with Crippen LogP contribution in [-0.2, 0) is 11.3 Å². The minimum absolute atomic E-state index is 0.195. The molecule has 24 heavy (non-hydrogen) atoms. The van der Waals surface area contributed by atoms with Crippen molar-refractivity contribution in [1.82, 2.24) is 9.78 Å². The number of carbonyl (C=O) groups is 1. The SMILES string of the molecule is CSc1ccc(NC(=O)/C=C/c2c(C)nn(CC(C)C)c2Cl)cc1. The number of hydrogen-bond acceptors (Lipinski definition) is 3. The Morgan fingerprint density at radius 3 is 2.62 bits per heavy atom. The Morgan fingerprint density at radius 1 is 1.38 bits per heavy atom. The number of anilines is 1. The molecule has 0 aliphatic heterocycles. The molecule has 0 unspecified atom stereocenters. The molecule has 2 aromatic rings. The maximum atomic E-state index is 12.1. The third kappa shape index (κ3) is 4.89. The van der Waals surface area contributed by atoms with Crippen molar-refractivity contribution in [3.05, 3.63) is 46.8 Å². The molecular formula is C18H22ClN3OS. The summed E-state index contributed by atoms with van der Waals surface area (Å²) in [6, 6.07) is 7.72. The number of aromatic nitrogens is 2. The topological polar surface area (TPSA) is 46.9 Å². The van der Waals surface area contributed by atoms with Crippen LogP contribution in [-0.4, -0.2) is 21.9 Å². The van der Waals surface area contributed by atoms with E-state index in [9.17, 15) is 4.79 Å². The van der Waals surface area contributed by atoms with Crippen molar-refractivity contribution in [2.45, 2.75) is 32.2 Å². The molecule has 0 atom stereocenters. The molecule has 6 heteroatoms. The molecule has 1 aromatic carbocycles. The third-order valence-corrected chi connectivity index (χ3v) is 4.55. The molecule has 0 aliphatic carbocycles. The van der Waals surface area contributed by atoms with Crippen molar-refractivity contribution >= 4 is 41.0 Å². The lowest BCUT2D eigenvalue weighted by Crippen LogP contribution is -2.07. The van der Waals surface area contributed by atoms with Gasteiger partial charge in [-0.25, -0.2) is 0 Å². The van der Waals surface area contributed by atoms with Gasteiger partial charge in [0.25, 0.3) is 0 Å². The molecule has 0 bridgehead atoms. The highest BCUT2D eigenvalue weighted by Crippen LogP contribution is 2.22. The number of carbonyl (C=O) groups excluding carboxylic acids is 1. The van der Waals surface area contributed by atoms with Gasteiger partial charge in [-0.15, -0.1) is 11.8 Å². The van der Waals surface area contributed by atoms with Crippen molar-refractivity contribution in [2.24, 2.45) is 5.92 Å². The molecule has 2 rings (SSSR count). The van der Waals surface area contributed by atoms with Crippen LogP contribution in [0, 0.1) is 12.8 Å². The number of benzene rings is 1. The van der Waals surface area contributed by atoms with E-state index in [0.717, 1.165) is 28.4 Å². The van der Waals surface area contributed by atoms with Crippen molar-refractivity contribution in [3.63, 3.8) is 0 Å². The molecule has 0 saturated carbocycles. The van der Waals surface area contributed by atoms with Crippen LogP contribution in [0.2, 0.25) is 5.15 Å². The molecule has 1 heterocycles. The Balaban J connectivity index is 2.06. The molecule has 128 valence electrons. The summed E-state index contributed by atoms with van der Waals surface area (Å²) in [6.07, 6.45) is 5.22. The number of halogens is 1. The molecule has 1 N–H and O–H groups in total. The van der Waals surface area contributed by atoms with Crippen LogP contribution < -0.4 is 5.32 Å². The molecular weight excluding hydrogens is 342 g/mol. The van der Waals surface area contributed by atoms with E-state index in [-0.39, 0.29) is 5.91 Å². The zero-order valence-corrected chi connectivity index (χ0v) is 15.9. The fourth-order valence-electron chi connectivity index (χ4n) is 2.24. The predicted octanol–water partition coefficient (Wildman–Crippen LogP) is 4.87. The van der Waals surface area contributed by atoms with Crippen LogP contribution in [0.1, 0.15) is 25.1 Å².